The van der Waals surface area contributed by atoms with Crippen LogP contribution in [0.1, 0.15) is 63.9 Å². The Labute approximate surface area is 199 Å². The van der Waals surface area contributed by atoms with Crippen molar-refractivity contribution in [2.75, 3.05) is 0 Å². The summed E-state index contributed by atoms with van der Waals surface area (Å²) in [6, 6.07) is 20.5. The van der Waals surface area contributed by atoms with Crippen LogP contribution in [0.5, 0.6) is 5.75 Å². The Bertz CT molecular complexity index is 1190. The largest absolute Gasteiger partial charge is 0.489 e. The zero-order chi connectivity index (χ0) is 26.3. The lowest BCUT2D eigenvalue weighted by Crippen LogP contribution is -2.30. The maximum absolute atomic E-state index is 13.6. The Hall–Kier alpha value is -3.60. The third-order valence-electron chi connectivity index (χ3n) is 4.99. The number of aliphatic carboxylic acids is 1. The maximum Gasteiger partial charge on any atom is 0.303 e. The lowest BCUT2D eigenvalue weighted by atomic mass is 9.95. The Morgan fingerprint density at radius 2 is 1.70 bits per heavy atom. The molecule has 0 heterocycles. The lowest BCUT2D eigenvalue weighted by molar-refractivity contribution is -0.136. The van der Waals surface area contributed by atoms with Crippen molar-refractivity contribution in [2.45, 2.75) is 45.7 Å². The van der Waals surface area contributed by atoms with E-state index in [1.807, 2.05) is 19.9 Å². The van der Waals surface area contributed by atoms with Gasteiger partial charge in [-0.25, -0.2) is 0 Å². The van der Waals surface area contributed by atoms with Crippen molar-refractivity contribution < 1.29 is 23.5 Å². The maximum atomic E-state index is 13.6. The summed E-state index contributed by atoms with van der Waals surface area (Å²) in [7, 11) is 0. The number of carbonyl (C=O) groups excluding carboxylic acids is 1. The number of hydrogen-bond donors (Lipinski definition) is 2. The number of aryl methyl sites for hydroxylation is 1. The minimum atomic E-state index is -2.25. The number of amides is 1. The fourth-order valence-corrected chi connectivity index (χ4v) is 3.41. The Morgan fingerprint density at radius 1 is 1.03 bits per heavy atom. The highest BCUT2D eigenvalue weighted by atomic mass is 16.5. The molecule has 1 amide bonds. The van der Waals surface area contributed by atoms with E-state index >= 15 is 0 Å². The number of para-hydroxylation sites is 1. The van der Waals surface area contributed by atoms with E-state index in [9.17, 15) is 14.7 Å². The molecule has 0 spiro atoms. The topological polar surface area (TPSA) is 75.6 Å². The highest BCUT2D eigenvalue weighted by Gasteiger charge is 2.20. The second kappa shape index (κ2) is 11.9. The van der Waals surface area contributed by atoms with Crippen LogP contribution in [-0.2, 0) is 17.8 Å². The Kier molecular flexibility index (Phi) is 7.20. The fraction of sp³-hybridized carbons (Fsp3) is 0.286. The predicted molar refractivity (Wildman–Crippen MR) is 129 cm³/mol. The molecule has 0 aliphatic rings. The van der Waals surface area contributed by atoms with Gasteiger partial charge in [0.05, 0.1) is 10.1 Å². The molecular formula is C28H31NO4. The number of carbonyl (C=O) groups is 2. The van der Waals surface area contributed by atoms with Gasteiger partial charge in [-0.05, 0) is 53.6 Å². The van der Waals surface area contributed by atoms with Crippen molar-refractivity contribution in [3.63, 3.8) is 0 Å². The molecule has 172 valence electrons. The minimum Gasteiger partial charge on any atom is -0.489 e. The number of benzene rings is 3. The molecule has 0 saturated heterocycles. The van der Waals surface area contributed by atoms with Gasteiger partial charge in [-0.3, -0.25) is 9.59 Å². The van der Waals surface area contributed by atoms with Crippen molar-refractivity contribution in [2.24, 2.45) is 5.92 Å². The highest BCUT2D eigenvalue weighted by Crippen LogP contribution is 2.23. The smallest absolute Gasteiger partial charge is 0.303 e. The first-order valence-electron chi connectivity index (χ1n) is 12.5. The summed E-state index contributed by atoms with van der Waals surface area (Å²) in [5.41, 5.74) is 1.30. The Morgan fingerprint density at radius 3 is 2.33 bits per heavy atom. The molecule has 3 aromatic rings. The van der Waals surface area contributed by atoms with Crippen LogP contribution in [0.3, 0.4) is 0 Å². The van der Waals surface area contributed by atoms with E-state index in [1.165, 1.54) is 12.1 Å². The van der Waals surface area contributed by atoms with Crippen LogP contribution in [-0.4, -0.2) is 17.0 Å². The van der Waals surface area contributed by atoms with E-state index in [1.54, 1.807) is 60.7 Å². The molecule has 5 nitrogen and oxygen atoms in total. The number of rotatable bonds is 11. The number of carboxylic acid groups (broad SMARTS) is 1. The van der Waals surface area contributed by atoms with Crippen molar-refractivity contribution in [1.29, 1.82) is 0 Å². The predicted octanol–water partition coefficient (Wildman–Crippen LogP) is 5.80. The molecule has 0 fully saturated rings. The second-order valence-corrected chi connectivity index (χ2v) is 8.18. The molecular weight excluding hydrogens is 414 g/mol. The van der Waals surface area contributed by atoms with E-state index in [0.717, 1.165) is 0 Å². The second-order valence-electron chi connectivity index (χ2n) is 8.18. The number of carboxylic acids is 1. The molecule has 0 aromatic heterocycles. The summed E-state index contributed by atoms with van der Waals surface area (Å²) in [5, 5.41) is 12.0. The first-order valence-corrected chi connectivity index (χ1v) is 11.0. The molecule has 0 aliphatic heterocycles. The molecule has 33 heavy (non-hydrogen) atoms. The zero-order valence-corrected chi connectivity index (χ0v) is 18.9. The van der Waals surface area contributed by atoms with Crippen LogP contribution < -0.4 is 10.1 Å². The minimum absolute atomic E-state index is 0.0847. The van der Waals surface area contributed by atoms with E-state index in [2.05, 4.69) is 5.32 Å². The van der Waals surface area contributed by atoms with Crippen LogP contribution in [0.25, 0.3) is 0 Å². The molecule has 3 rings (SSSR count). The van der Waals surface area contributed by atoms with Crippen LogP contribution >= 0.6 is 0 Å². The average molecular weight is 449 g/mol. The van der Waals surface area contributed by atoms with Gasteiger partial charge < -0.3 is 15.2 Å². The number of ether oxygens (including phenoxy) is 1. The number of hydrogen-bond acceptors (Lipinski definition) is 3. The third kappa shape index (κ3) is 7.49. The molecule has 1 unspecified atom stereocenters. The van der Waals surface area contributed by atoms with Crippen LogP contribution in [0.2, 0.25) is 0 Å². The van der Waals surface area contributed by atoms with Gasteiger partial charge in [-0.1, -0.05) is 74.5 Å². The summed E-state index contributed by atoms with van der Waals surface area (Å²) in [4.78, 5) is 24.8. The Balaban J connectivity index is 1.99. The first kappa shape index (κ1) is 20.0. The molecule has 0 saturated carbocycles. The zero-order valence-electron chi connectivity index (χ0n) is 21.9. The summed E-state index contributed by atoms with van der Waals surface area (Å²) < 4.78 is 31.6. The van der Waals surface area contributed by atoms with E-state index < -0.39 is 24.5 Å². The molecule has 0 radical (unpaired) electrons. The third-order valence-corrected chi connectivity index (χ3v) is 4.99. The van der Waals surface area contributed by atoms with Crippen molar-refractivity contribution in [3.8, 4) is 5.75 Å². The normalized spacial score (nSPS) is 14.5. The van der Waals surface area contributed by atoms with E-state index in [4.69, 9.17) is 8.85 Å². The lowest BCUT2D eigenvalue weighted by Gasteiger charge is -2.22. The summed E-state index contributed by atoms with van der Waals surface area (Å²) in [6.07, 6.45) is 0.246. The first-order chi connectivity index (χ1) is 17.0. The molecule has 5 heteroatoms. The average Bonchev–Trinajstić information content (AvgIpc) is 2.83. The molecule has 0 aliphatic carbocycles. The molecule has 3 aromatic carbocycles. The van der Waals surface area contributed by atoms with Gasteiger partial charge in [-0.2, -0.15) is 0 Å². The van der Waals surface area contributed by atoms with Crippen molar-refractivity contribution in [1.82, 2.24) is 5.32 Å². The van der Waals surface area contributed by atoms with Gasteiger partial charge in [-0.15, -0.1) is 0 Å². The molecule has 1 atom stereocenters. The molecule has 2 N–H and O–H groups in total. The van der Waals surface area contributed by atoms with Gasteiger partial charge in [0.15, 0.2) is 0 Å². The van der Waals surface area contributed by atoms with Crippen molar-refractivity contribution >= 4 is 11.9 Å². The van der Waals surface area contributed by atoms with Gasteiger partial charge >= 0.3 is 5.97 Å². The van der Waals surface area contributed by atoms with Crippen molar-refractivity contribution in [3.05, 3.63) is 101 Å². The van der Waals surface area contributed by atoms with E-state index in [-0.39, 0.29) is 29.9 Å². The molecule has 0 bridgehead atoms. The number of nitrogens with one attached hydrogen (secondary N) is 1. The standard InChI is InChI=1S/C28H31NO4/c1-20(2)17-26(23-9-5-3-6-10-23)29-28(32)25-18-21(13-14-22(25)15-16-27(30)31)19-33-24-11-7-4-8-12-24/h3-14,18,20,26H,15-17,19H2,1-2H3,(H,29,32)(H,30,31)/i19D2,26D. The fourth-order valence-electron chi connectivity index (χ4n) is 3.41. The summed E-state index contributed by atoms with van der Waals surface area (Å²) >= 11 is 0. The monoisotopic (exact) mass is 448 g/mol. The van der Waals surface area contributed by atoms with Crippen LogP contribution in [0.4, 0.5) is 0 Å². The summed E-state index contributed by atoms with van der Waals surface area (Å²) in [6.45, 7) is 1.68. The van der Waals surface area contributed by atoms with Gasteiger partial charge in [0.2, 0.25) is 0 Å². The SMILES string of the molecule is [2H]C(CC(C)C)(NC(=O)c1cc(C([2H])([2H])Oc2ccccc2)ccc1CCC(=O)O)c1ccccc1. The van der Waals surface area contributed by atoms with Gasteiger partial charge in [0.1, 0.15) is 12.3 Å². The van der Waals surface area contributed by atoms with Crippen LogP contribution in [0.15, 0.2) is 78.9 Å². The van der Waals surface area contributed by atoms with E-state index in [0.29, 0.717) is 23.3 Å². The summed E-state index contributed by atoms with van der Waals surface area (Å²) in [5.74, 6) is -1.15. The van der Waals surface area contributed by atoms with Gasteiger partial charge in [0.25, 0.3) is 5.91 Å². The van der Waals surface area contributed by atoms with Crippen LogP contribution in [0, 0.1) is 5.92 Å². The van der Waals surface area contributed by atoms with Gasteiger partial charge in [0, 0.05) is 12.0 Å². The highest BCUT2D eigenvalue weighted by molar-refractivity contribution is 5.96. The quantitative estimate of drug-likeness (QED) is 0.389.